The predicted octanol–water partition coefficient (Wildman–Crippen LogP) is 4.80. The van der Waals surface area contributed by atoms with Gasteiger partial charge in [0.1, 0.15) is 5.82 Å². The summed E-state index contributed by atoms with van der Waals surface area (Å²) < 4.78 is 1.83. The lowest BCUT2D eigenvalue weighted by Gasteiger charge is -2.18. The molecule has 7 nitrogen and oxygen atoms in total. The van der Waals surface area contributed by atoms with Crippen LogP contribution in [0.15, 0.2) is 42.7 Å². The van der Waals surface area contributed by atoms with E-state index in [1.807, 2.05) is 28.9 Å². The molecule has 1 aliphatic rings. The molecule has 0 saturated heterocycles. The summed E-state index contributed by atoms with van der Waals surface area (Å²) in [6.45, 7) is 2.60. The largest absolute Gasteiger partial charge is 0.478 e. The first-order valence-electron chi connectivity index (χ1n) is 11.3. The molecule has 3 aromatic rings. The Morgan fingerprint density at radius 2 is 1.84 bits per heavy atom. The molecule has 166 valence electrons. The SMILES string of the molecule is CCCc1nc(C(=O)C2CCCCC2)nn1Cc1ccc(-c2cnccc2C(=O)O)cc1. The van der Waals surface area contributed by atoms with E-state index in [1.54, 1.807) is 6.20 Å². The van der Waals surface area contributed by atoms with Crippen molar-refractivity contribution in [3.05, 3.63) is 65.5 Å². The van der Waals surface area contributed by atoms with Crippen LogP contribution in [0.2, 0.25) is 0 Å². The van der Waals surface area contributed by atoms with E-state index in [1.165, 1.54) is 18.7 Å². The Morgan fingerprint density at radius 1 is 1.09 bits per heavy atom. The lowest BCUT2D eigenvalue weighted by Crippen LogP contribution is -2.19. The Hall–Kier alpha value is -3.35. The number of aromatic nitrogens is 4. The summed E-state index contributed by atoms with van der Waals surface area (Å²) >= 11 is 0. The van der Waals surface area contributed by atoms with Crippen molar-refractivity contribution in [2.24, 2.45) is 5.92 Å². The van der Waals surface area contributed by atoms with Crippen molar-refractivity contribution in [3.63, 3.8) is 0 Å². The second-order valence-electron chi connectivity index (χ2n) is 8.38. The summed E-state index contributed by atoms with van der Waals surface area (Å²) in [5.74, 6) is 0.327. The number of aryl methyl sites for hydroxylation is 1. The number of nitrogens with zero attached hydrogens (tertiary/aromatic N) is 4. The highest BCUT2D eigenvalue weighted by atomic mass is 16.4. The molecule has 32 heavy (non-hydrogen) atoms. The fourth-order valence-corrected chi connectivity index (χ4v) is 4.33. The highest BCUT2D eigenvalue weighted by Crippen LogP contribution is 2.27. The zero-order chi connectivity index (χ0) is 22.5. The van der Waals surface area contributed by atoms with Crippen LogP contribution < -0.4 is 0 Å². The third-order valence-corrected chi connectivity index (χ3v) is 6.07. The molecule has 1 fully saturated rings. The summed E-state index contributed by atoms with van der Waals surface area (Å²) in [6.07, 6.45) is 10.0. The van der Waals surface area contributed by atoms with Gasteiger partial charge >= 0.3 is 5.97 Å². The number of Topliss-reactive ketones (excluding diaryl/α,β-unsaturated/α-hetero) is 1. The van der Waals surface area contributed by atoms with E-state index < -0.39 is 5.97 Å². The summed E-state index contributed by atoms with van der Waals surface area (Å²) in [5, 5.41) is 14.0. The van der Waals surface area contributed by atoms with Crippen molar-refractivity contribution in [2.75, 3.05) is 0 Å². The minimum Gasteiger partial charge on any atom is -0.478 e. The van der Waals surface area contributed by atoms with E-state index in [0.29, 0.717) is 17.9 Å². The Balaban J connectivity index is 1.55. The number of ketones is 1. The van der Waals surface area contributed by atoms with Crippen LogP contribution in [0.4, 0.5) is 0 Å². The highest BCUT2D eigenvalue weighted by molar-refractivity contribution is 5.95. The first-order chi connectivity index (χ1) is 15.6. The lowest BCUT2D eigenvalue weighted by molar-refractivity contribution is 0.0697. The molecule has 1 aromatic carbocycles. The molecule has 4 rings (SSSR count). The van der Waals surface area contributed by atoms with Crippen LogP contribution in [0.1, 0.15) is 77.8 Å². The van der Waals surface area contributed by atoms with E-state index in [-0.39, 0.29) is 17.3 Å². The molecule has 0 spiro atoms. The van der Waals surface area contributed by atoms with Gasteiger partial charge in [-0.3, -0.25) is 9.78 Å². The normalized spacial score (nSPS) is 14.4. The Kier molecular flexibility index (Phi) is 6.73. The monoisotopic (exact) mass is 432 g/mol. The first-order valence-corrected chi connectivity index (χ1v) is 11.3. The molecule has 1 N–H and O–H groups in total. The van der Waals surface area contributed by atoms with E-state index in [2.05, 4.69) is 22.0 Å². The summed E-state index contributed by atoms with van der Waals surface area (Å²) in [5.41, 5.74) is 2.60. The maximum Gasteiger partial charge on any atom is 0.336 e. The molecule has 0 radical (unpaired) electrons. The van der Waals surface area contributed by atoms with Crippen LogP contribution in [-0.4, -0.2) is 36.6 Å². The lowest BCUT2D eigenvalue weighted by atomic mass is 9.86. The Bertz CT molecular complexity index is 1100. The van der Waals surface area contributed by atoms with E-state index in [0.717, 1.165) is 55.5 Å². The van der Waals surface area contributed by atoms with Crippen molar-refractivity contribution < 1.29 is 14.7 Å². The van der Waals surface area contributed by atoms with Gasteiger partial charge in [-0.25, -0.2) is 14.5 Å². The van der Waals surface area contributed by atoms with Gasteiger partial charge in [-0.15, -0.1) is 5.10 Å². The van der Waals surface area contributed by atoms with Gasteiger partial charge < -0.3 is 5.11 Å². The summed E-state index contributed by atoms with van der Waals surface area (Å²) in [6, 6.07) is 9.19. The minimum atomic E-state index is -0.978. The molecule has 0 unspecified atom stereocenters. The van der Waals surface area contributed by atoms with Gasteiger partial charge in [0.15, 0.2) is 0 Å². The first kappa shape index (κ1) is 21.9. The quantitative estimate of drug-likeness (QED) is 0.513. The smallest absolute Gasteiger partial charge is 0.336 e. The van der Waals surface area contributed by atoms with Gasteiger partial charge in [0.25, 0.3) is 0 Å². The van der Waals surface area contributed by atoms with Gasteiger partial charge in [0.2, 0.25) is 11.6 Å². The van der Waals surface area contributed by atoms with Crippen molar-refractivity contribution in [1.82, 2.24) is 19.7 Å². The fourth-order valence-electron chi connectivity index (χ4n) is 4.33. The van der Waals surface area contributed by atoms with Crippen LogP contribution >= 0.6 is 0 Å². The molecule has 0 amide bonds. The van der Waals surface area contributed by atoms with Crippen LogP contribution in [0, 0.1) is 5.92 Å². The summed E-state index contributed by atoms with van der Waals surface area (Å²) in [7, 11) is 0. The van der Waals surface area contributed by atoms with Crippen LogP contribution in [0.25, 0.3) is 11.1 Å². The number of pyridine rings is 1. The molecule has 7 heteroatoms. The number of benzene rings is 1. The van der Waals surface area contributed by atoms with Crippen LogP contribution in [-0.2, 0) is 13.0 Å². The number of carboxylic acid groups (broad SMARTS) is 1. The number of carbonyl (C=O) groups is 2. The van der Waals surface area contributed by atoms with Crippen LogP contribution in [0.3, 0.4) is 0 Å². The van der Waals surface area contributed by atoms with Crippen molar-refractivity contribution in [1.29, 1.82) is 0 Å². The second kappa shape index (κ2) is 9.85. The third kappa shape index (κ3) is 4.77. The maximum absolute atomic E-state index is 12.9. The Morgan fingerprint density at radius 3 is 2.53 bits per heavy atom. The van der Waals surface area contributed by atoms with Crippen LogP contribution in [0.5, 0.6) is 0 Å². The van der Waals surface area contributed by atoms with Crippen molar-refractivity contribution in [3.8, 4) is 11.1 Å². The number of carbonyl (C=O) groups excluding carboxylic acids is 1. The van der Waals surface area contributed by atoms with E-state index >= 15 is 0 Å². The zero-order valence-electron chi connectivity index (χ0n) is 18.3. The highest BCUT2D eigenvalue weighted by Gasteiger charge is 2.26. The van der Waals surface area contributed by atoms with Gasteiger partial charge in [-0.1, -0.05) is 50.5 Å². The van der Waals surface area contributed by atoms with E-state index in [4.69, 9.17) is 0 Å². The molecule has 0 bridgehead atoms. The van der Waals surface area contributed by atoms with Crippen molar-refractivity contribution in [2.45, 2.75) is 58.4 Å². The molecule has 1 saturated carbocycles. The minimum absolute atomic E-state index is 0.0521. The topological polar surface area (TPSA) is 98.0 Å². The predicted molar refractivity (Wildman–Crippen MR) is 121 cm³/mol. The second-order valence-corrected chi connectivity index (χ2v) is 8.38. The van der Waals surface area contributed by atoms with Crippen molar-refractivity contribution >= 4 is 11.8 Å². The number of aromatic carboxylic acids is 1. The average molecular weight is 433 g/mol. The molecular weight excluding hydrogens is 404 g/mol. The number of hydrogen-bond acceptors (Lipinski definition) is 5. The Labute approximate surface area is 187 Å². The standard InChI is InChI=1S/C25H28N4O3/c1-2-6-22-27-24(23(30)19-7-4-3-5-8-19)28-29(22)16-17-9-11-18(12-10-17)21-15-26-14-13-20(21)25(31)32/h9-15,19H,2-8,16H2,1H3,(H,31,32). The molecule has 0 atom stereocenters. The van der Waals surface area contributed by atoms with Gasteiger partial charge in [0.05, 0.1) is 12.1 Å². The number of rotatable bonds is 8. The zero-order valence-corrected chi connectivity index (χ0v) is 18.3. The molecular formula is C25H28N4O3. The molecule has 1 aliphatic carbocycles. The molecule has 0 aliphatic heterocycles. The average Bonchev–Trinajstić information content (AvgIpc) is 3.22. The molecule has 2 aromatic heterocycles. The number of hydrogen-bond donors (Lipinski definition) is 1. The summed E-state index contributed by atoms with van der Waals surface area (Å²) in [4.78, 5) is 33.1. The van der Waals surface area contributed by atoms with Gasteiger partial charge in [-0.05, 0) is 36.5 Å². The van der Waals surface area contributed by atoms with Gasteiger partial charge in [0, 0.05) is 30.3 Å². The maximum atomic E-state index is 12.9. The fraction of sp³-hybridized carbons (Fsp3) is 0.400. The molecule has 2 heterocycles. The third-order valence-electron chi connectivity index (χ3n) is 6.07. The van der Waals surface area contributed by atoms with E-state index in [9.17, 15) is 14.7 Å². The number of carboxylic acids is 1. The van der Waals surface area contributed by atoms with Gasteiger partial charge in [-0.2, -0.15) is 0 Å².